The fraction of sp³-hybridized carbons (Fsp3) is 0.526. The number of amides is 1. The van der Waals surface area contributed by atoms with E-state index in [1.807, 2.05) is 55.9 Å². The number of hydrogen-bond donors (Lipinski definition) is 2. The number of ether oxygens (including phenoxy) is 1. The molecule has 0 saturated heterocycles. The molecule has 0 aliphatic rings. The summed E-state index contributed by atoms with van der Waals surface area (Å²) in [7, 11) is 0. The van der Waals surface area contributed by atoms with Crippen molar-refractivity contribution in [2.45, 2.75) is 51.1 Å². The molecule has 148 valence electrons. The van der Waals surface area contributed by atoms with Crippen LogP contribution in [-0.2, 0) is 26.6 Å². The SMILES string of the molecule is CSCc1nc2ccccc2n1CC(=O)NC(CCOC(C)(C)C)C(=O)O. The molecule has 0 bridgehead atoms. The number of hydrogen-bond acceptors (Lipinski definition) is 5. The molecule has 0 spiro atoms. The Balaban J connectivity index is 2.08. The van der Waals surface area contributed by atoms with Gasteiger partial charge in [-0.15, -0.1) is 0 Å². The van der Waals surface area contributed by atoms with Gasteiger partial charge in [-0.2, -0.15) is 11.8 Å². The third kappa shape index (κ3) is 6.25. The minimum absolute atomic E-state index is 0.0281. The standard InChI is InChI=1S/C19H27N3O4S/c1-19(2,3)26-10-9-14(18(24)25)21-17(23)11-22-15-8-6-5-7-13(15)20-16(22)12-27-4/h5-8,14H,9-12H2,1-4H3,(H,21,23)(H,24,25). The zero-order chi connectivity index (χ0) is 20.0. The van der Waals surface area contributed by atoms with Gasteiger partial charge in [-0.3, -0.25) is 4.79 Å². The Morgan fingerprint density at radius 2 is 2.04 bits per heavy atom. The first-order chi connectivity index (χ1) is 12.7. The van der Waals surface area contributed by atoms with Crippen LogP contribution in [0, 0.1) is 0 Å². The highest BCUT2D eigenvalue weighted by molar-refractivity contribution is 7.97. The highest BCUT2D eigenvalue weighted by atomic mass is 32.2. The van der Waals surface area contributed by atoms with Crippen LogP contribution in [0.15, 0.2) is 24.3 Å². The fourth-order valence-electron chi connectivity index (χ4n) is 2.67. The van der Waals surface area contributed by atoms with Crippen molar-refractivity contribution in [2.75, 3.05) is 12.9 Å². The maximum absolute atomic E-state index is 12.5. The van der Waals surface area contributed by atoms with E-state index in [0.717, 1.165) is 16.9 Å². The summed E-state index contributed by atoms with van der Waals surface area (Å²) in [6.07, 6.45) is 2.18. The van der Waals surface area contributed by atoms with Gasteiger partial charge in [-0.1, -0.05) is 12.1 Å². The highest BCUT2D eigenvalue weighted by Gasteiger charge is 2.22. The number of aromatic nitrogens is 2. The molecule has 7 nitrogen and oxygen atoms in total. The number of benzene rings is 1. The summed E-state index contributed by atoms with van der Waals surface area (Å²) in [5.74, 6) is 0.0372. The number of carboxylic acid groups (broad SMARTS) is 1. The van der Waals surface area contributed by atoms with Crippen LogP contribution < -0.4 is 5.32 Å². The molecule has 1 aromatic heterocycles. The summed E-state index contributed by atoms with van der Waals surface area (Å²) in [4.78, 5) is 28.6. The maximum atomic E-state index is 12.5. The quantitative estimate of drug-likeness (QED) is 0.680. The Kier molecular flexibility index (Phi) is 7.26. The summed E-state index contributed by atoms with van der Waals surface area (Å²) in [6, 6.07) is 6.62. The molecular weight excluding hydrogens is 366 g/mol. The second-order valence-electron chi connectivity index (χ2n) is 7.24. The van der Waals surface area contributed by atoms with E-state index >= 15 is 0 Å². The van der Waals surface area contributed by atoms with Crippen molar-refractivity contribution >= 4 is 34.7 Å². The molecule has 1 atom stereocenters. The summed E-state index contributed by atoms with van der Waals surface area (Å²) in [5, 5.41) is 12.0. The largest absolute Gasteiger partial charge is 0.480 e. The molecule has 0 saturated carbocycles. The summed E-state index contributed by atoms with van der Waals surface area (Å²) >= 11 is 1.62. The molecular formula is C19H27N3O4S. The van der Waals surface area contributed by atoms with Crippen molar-refractivity contribution in [1.82, 2.24) is 14.9 Å². The maximum Gasteiger partial charge on any atom is 0.326 e. The molecule has 0 aliphatic carbocycles. The van der Waals surface area contributed by atoms with E-state index in [1.165, 1.54) is 0 Å². The molecule has 2 rings (SSSR count). The van der Waals surface area contributed by atoms with Crippen molar-refractivity contribution in [1.29, 1.82) is 0 Å². The van der Waals surface area contributed by atoms with Gasteiger partial charge in [0.1, 0.15) is 18.4 Å². The van der Waals surface area contributed by atoms with Crippen molar-refractivity contribution in [3.05, 3.63) is 30.1 Å². The van der Waals surface area contributed by atoms with Gasteiger partial charge in [0.15, 0.2) is 0 Å². The van der Waals surface area contributed by atoms with Gasteiger partial charge < -0.3 is 19.7 Å². The van der Waals surface area contributed by atoms with E-state index in [-0.39, 0.29) is 31.1 Å². The predicted molar refractivity (Wildman–Crippen MR) is 107 cm³/mol. The molecule has 0 radical (unpaired) electrons. The number of carbonyl (C=O) groups excluding carboxylic acids is 1. The van der Waals surface area contributed by atoms with Gasteiger partial charge in [0, 0.05) is 13.0 Å². The third-order valence-electron chi connectivity index (χ3n) is 3.88. The van der Waals surface area contributed by atoms with Crippen molar-refractivity contribution < 1.29 is 19.4 Å². The van der Waals surface area contributed by atoms with Gasteiger partial charge in [-0.05, 0) is 39.2 Å². The molecule has 2 N–H and O–H groups in total. The van der Waals surface area contributed by atoms with Crippen LogP contribution in [0.1, 0.15) is 33.0 Å². The number of para-hydroxylation sites is 2. The van der Waals surface area contributed by atoms with Gasteiger partial charge in [0.25, 0.3) is 0 Å². The number of rotatable bonds is 9. The monoisotopic (exact) mass is 393 g/mol. The Bertz CT molecular complexity index is 798. The second kappa shape index (κ2) is 9.23. The number of carboxylic acids is 1. The van der Waals surface area contributed by atoms with Crippen LogP contribution in [0.2, 0.25) is 0 Å². The number of thioether (sulfide) groups is 1. The van der Waals surface area contributed by atoms with Gasteiger partial charge in [0.05, 0.1) is 22.4 Å². The van der Waals surface area contributed by atoms with Crippen molar-refractivity contribution in [2.24, 2.45) is 0 Å². The summed E-state index contributed by atoms with van der Waals surface area (Å²) < 4.78 is 7.41. The Hall–Kier alpha value is -2.06. The van der Waals surface area contributed by atoms with E-state index in [0.29, 0.717) is 5.75 Å². The average Bonchev–Trinajstić information content (AvgIpc) is 2.91. The van der Waals surface area contributed by atoms with E-state index < -0.39 is 12.0 Å². The smallest absolute Gasteiger partial charge is 0.326 e. The minimum Gasteiger partial charge on any atom is -0.480 e. The number of fused-ring (bicyclic) bond motifs is 1. The molecule has 2 aromatic rings. The molecule has 0 fully saturated rings. The lowest BCUT2D eigenvalue weighted by atomic mass is 10.1. The first kappa shape index (κ1) is 21.2. The van der Waals surface area contributed by atoms with E-state index in [4.69, 9.17) is 4.74 Å². The summed E-state index contributed by atoms with van der Waals surface area (Å²) in [5.41, 5.74) is 1.33. The van der Waals surface area contributed by atoms with Crippen LogP contribution in [0.5, 0.6) is 0 Å². The highest BCUT2D eigenvalue weighted by Crippen LogP contribution is 2.19. The third-order valence-corrected chi connectivity index (χ3v) is 4.43. The van der Waals surface area contributed by atoms with Crippen LogP contribution in [-0.4, -0.2) is 51.0 Å². The fourth-order valence-corrected chi connectivity index (χ4v) is 3.14. The first-order valence-electron chi connectivity index (χ1n) is 8.80. The minimum atomic E-state index is -1.07. The topological polar surface area (TPSA) is 93.5 Å². The second-order valence-corrected chi connectivity index (χ2v) is 8.11. The lowest BCUT2D eigenvalue weighted by molar-refractivity contribution is -0.142. The van der Waals surface area contributed by atoms with Crippen LogP contribution in [0.3, 0.4) is 0 Å². The van der Waals surface area contributed by atoms with Crippen molar-refractivity contribution in [3.63, 3.8) is 0 Å². The van der Waals surface area contributed by atoms with E-state index in [9.17, 15) is 14.7 Å². The normalized spacial score (nSPS) is 12.9. The van der Waals surface area contributed by atoms with Crippen LogP contribution >= 0.6 is 11.8 Å². The lowest BCUT2D eigenvalue weighted by Crippen LogP contribution is -2.43. The number of carbonyl (C=O) groups is 2. The molecule has 8 heteroatoms. The Labute approximate surface area is 163 Å². The number of nitrogens with one attached hydrogen (secondary N) is 1. The van der Waals surface area contributed by atoms with Crippen LogP contribution in [0.25, 0.3) is 11.0 Å². The predicted octanol–water partition coefficient (Wildman–Crippen LogP) is 2.67. The molecule has 27 heavy (non-hydrogen) atoms. The van der Waals surface area contributed by atoms with Gasteiger partial charge in [-0.25, -0.2) is 9.78 Å². The van der Waals surface area contributed by atoms with Crippen LogP contribution in [0.4, 0.5) is 0 Å². The summed E-state index contributed by atoms with van der Waals surface area (Å²) in [6.45, 7) is 5.99. The molecule has 1 amide bonds. The van der Waals surface area contributed by atoms with Crippen molar-refractivity contribution in [3.8, 4) is 0 Å². The molecule has 1 aromatic carbocycles. The lowest BCUT2D eigenvalue weighted by Gasteiger charge is -2.21. The van der Waals surface area contributed by atoms with Gasteiger partial charge in [0.2, 0.25) is 5.91 Å². The average molecular weight is 394 g/mol. The Morgan fingerprint density at radius 3 is 2.67 bits per heavy atom. The van der Waals surface area contributed by atoms with Gasteiger partial charge >= 0.3 is 5.97 Å². The van der Waals surface area contributed by atoms with E-state index in [1.54, 1.807) is 11.8 Å². The zero-order valence-corrected chi connectivity index (χ0v) is 17.0. The molecule has 0 aliphatic heterocycles. The Morgan fingerprint density at radius 1 is 1.33 bits per heavy atom. The number of aliphatic carboxylic acids is 1. The molecule has 1 unspecified atom stereocenters. The van der Waals surface area contributed by atoms with E-state index in [2.05, 4.69) is 10.3 Å². The number of imidazole rings is 1. The zero-order valence-electron chi connectivity index (χ0n) is 16.2. The molecule has 1 heterocycles. The number of nitrogens with zero attached hydrogens (tertiary/aromatic N) is 2. The first-order valence-corrected chi connectivity index (χ1v) is 10.2.